The Bertz CT molecular complexity index is 504. The van der Waals surface area contributed by atoms with Gasteiger partial charge in [0.05, 0.1) is 18.8 Å². The molecular weight excluding hydrogens is 266 g/mol. The lowest BCUT2D eigenvalue weighted by atomic mass is 10.0. The molecule has 2 fully saturated rings. The normalized spacial score (nSPS) is 26.6. The van der Waals surface area contributed by atoms with Gasteiger partial charge in [0.15, 0.2) is 5.60 Å². The number of carbonyl (C=O) groups excluding carboxylic acids is 1. The fraction of sp³-hybridized carbons (Fsp3) is 0.625. The van der Waals surface area contributed by atoms with Gasteiger partial charge >= 0.3 is 0 Å². The van der Waals surface area contributed by atoms with Gasteiger partial charge in [-0.3, -0.25) is 9.78 Å². The Hall–Kier alpha value is -1.46. The molecule has 2 heterocycles. The monoisotopic (exact) mass is 289 g/mol. The Kier molecular flexibility index (Phi) is 3.95. The van der Waals surface area contributed by atoms with Gasteiger partial charge in [0.1, 0.15) is 0 Å². The van der Waals surface area contributed by atoms with E-state index in [1.807, 2.05) is 37.1 Å². The van der Waals surface area contributed by atoms with Gasteiger partial charge in [0.25, 0.3) is 5.91 Å². The highest BCUT2D eigenvalue weighted by Gasteiger charge is 2.45. The molecule has 5 heteroatoms. The van der Waals surface area contributed by atoms with E-state index in [0.717, 1.165) is 25.1 Å². The Morgan fingerprint density at radius 2 is 2.33 bits per heavy atom. The van der Waals surface area contributed by atoms with Gasteiger partial charge < -0.3 is 14.5 Å². The van der Waals surface area contributed by atoms with Crippen LogP contribution in [0.15, 0.2) is 24.4 Å². The van der Waals surface area contributed by atoms with Crippen molar-refractivity contribution >= 4 is 5.91 Å². The van der Waals surface area contributed by atoms with E-state index in [4.69, 9.17) is 4.74 Å². The van der Waals surface area contributed by atoms with Gasteiger partial charge in [-0.25, -0.2) is 0 Å². The predicted octanol–water partition coefficient (Wildman–Crippen LogP) is 1.29. The number of likely N-dealkylation sites (N-methyl/N-ethyl adjacent to an activating group) is 1. The number of hydrogen-bond acceptors (Lipinski definition) is 4. The van der Waals surface area contributed by atoms with Crippen LogP contribution in [0.5, 0.6) is 0 Å². The van der Waals surface area contributed by atoms with Crippen molar-refractivity contribution in [2.24, 2.45) is 0 Å². The topological polar surface area (TPSA) is 45.7 Å². The molecule has 1 saturated carbocycles. The molecule has 0 spiro atoms. The van der Waals surface area contributed by atoms with Gasteiger partial charge in [-0.1, -0.05) is 6.07 Å². The second-order valence-electron chi connectivity index (χ2n) is 6.30. The lowest BCUT2D eigenvalue weighted by Gasteiger charge is -2.40. The summed E-state index contributed by atoms with van der Waals surface area (Å²) in [6.07, 6.45) is 3.95. The minimum atomic E-state index is -0.732. The second-order valence-corrected chi connectivity index (χ2v) is 6.30. The summed E-state index contributed by atoms with van der Waals surface area (Å²) in [6.45, 7) is 4.64. The minimum absolute atomic E-state index is 0.0993. The molecule has 1 saturated heterocycles. The standard InChI is InChI=1S/C16H23N3O2/c1-16(12-18(2)9-10-21-16)15(20)19(14-6-7-14)11-13-5-3-4-8-17-13/h3-5,8,14H,6-7,9-12H2,1-2H3/t16-/m1/s1. The fourth-order valence-corrected chi connectivity index (χ4v) is 2.92. The van der Waals surface area contributed by atoms with E-state index >= 15 is 0 Å². The summed E-state index contributed by atoms with van der Waals surface area (Å²) in [4.78, 5) is 21.5. The van der Waals surface area contributed by atoms with Crippen molar-refractivity contribution in [3.8, 4) is 0 Å². The SMILES string of the molecule is CN1CCO[C@@](C)(C(=O)N(Cc2ccccn2)C2CC2)C1. The van der Waals surface area contributed by atoms with Crippen LogP contribution in [0.25, 0.3) is 0 Å². The molecular formula is C16H23N3O2. The van der Waals surface area contributed by atoms with Gasteiger partial charge in [0.2, 0.25) is 0 Å². The maximum atomic E-state index is 13.0. The first kappa shape index (κ1) is 14.5. The molecule has 114 valence electrons. The Morgan fingerprint density at radius 3 is 2.95 bits per heavy atom. The van der Waals surface area contributed by atoms with Gasteiger partial charge in [0, 0.05) is 25.3 Å². The molecule has 5 nitrogen and oxygen atoms in total. The highest BCUT2D eigenvalue weighted by atomic mass is 16.5. The molecule has 1 aromatic heterocycles. The summed E-state index contributed by atoms with van der Waals surface area (Å²) in [5.41, 5.74) is 0.204. The summed E-state index contributed by atoms with van der Waals surface area (Å²) < 4.78 is 5.84. The summed E-state index contributed by atoms with van der Waals surface area (Å²) in [5, 5.41) is 0. The van der Waals surface area contributed by atoms with E-state index < -0.39 is 5.60 Å². The van der Waals surface area contributed by atoms with E-state index in [0.29, 0.717) is 25.7 Å². The van der Waals surface area contributed by atoms with Crippen molar-refractivity contribution in [2.75, 3.05) is 26.7 Å². The zero-order valence-corrected chi connectivity index (χ0v) is 12.8. The maximum Gasteiger partial charge on any atom is 0.256 e. The second kappa shape index (κ2) is 5.73. The molecule has 1 atom stereocenters. The Labute approximate surface area is 125 Å². The number of aromatic nitrogens is 1. The molecule has 2 aliphatic rings. The van der Waals surface area contributed by atoms with Crippen LogP contribution < -0.4 is 0 Å². The fourth-order valence-electron chi connectivity index (χ4n) is 2.92. The van der Waals surface area contributed by atoms with Crippen LogP contribution in [0.3, 0.4) is 0 Å². The van der Waals surface area contributed by atoms with Crippen LogP contribution in [0.1, 0.15) is 25.5 Å². The smallest absolute Gasteiger partial charge is 0.256 e. The van der Waals surface area contributed by atoms with Crippen molar-refractivity contribution in [3.05, 3.63) is 30.1 Å². The van der Waals surface area contributed by atoms with E-state index in [2.05, 4.69) is 9.88 Å². The third-order valence-electron chi connectivity index (χ3n) is 4.22. The van der Waals surface area contributed by atoms with Gasteiger partial charge in [-0.05, 0) is 38.9 Å². The Morgan fingerprint density at radius 1 is 1.52 bits per heavy atom. The van der Waals surface area contributed by atoms with E-state index in [1.54, 1.807) is 6.20 Å². The lowest BCUT2D eigenvalue weighted by Crippen LogP contribution is -2.58. The van der Waals surface area contributed by atoms with Crippen LogP contribution in [-0.2, 0) is 16.1 Å². The van der Waals surface area contributed by atoms with Crippen molar-refractivity contribution in [1.82, 2.24) is 14.8 Å². The zero-order valence-electron chi connectivity index (χ0n) is 12.8. The van der Waals surface area contributed by atoms with Gasteiger partial charge in [-0.15, -0.1) is 0 Å². The van der Waals surface area contributed by atoms with E-state index in [9.17, 15) is 4.79 Å². The van der Waals surface area contributed by atoms with Gasteiger partial charge in [-0.2, -0.15) is 0 Å². The van der Waals surface area contributed by atoms with Crippen LogP contribution in [0.4, 0.5) is 0 Å². The number of hydrogen-bond donors (Lipinski definition) is 0. The van der Waals surface area contributed by atoms with E-state index in [1.165, 1.54) is 0 Å². The summed E-state index contributed by atoms with van der Waals surface area (Å²) in [5.74, 6) is 0.0993. The first-order valence-electron chi connectivity index (χ1n) is 7.62. The molecule has 0 bridgehead atoms. The molecule has 1 aromatic rings. The maximum absolute atomic E-state index is 13.0. The molecule has 21 heavy (non-hydrogen) atoms. The molecule has 1 aliphatic carbocycles. The predicted molar refractivity (Wildman–Crippen MR) is 79.7 cm³/mol. The molecule has 1 amide bonds. The Balaban J connectivity index is 1.76. The van der Waals surface area contributed by atoms with Crippen LogP contribution in [0.2, 0.25) is 0 Å². The third-order valence-corrected chi connectivity index (χ3v) is 4.22. The average Bonchev–Trinajstić information content (AvgIpc) is 3.29. The molecule has 0 aromatic carbocycles. The lowest BCUT2D eigenvalue weighted by molar-refractivity contribution is -0.167. The first-order chi connectivity index (χ1) is 10.1. The van der Waals surface area contributed by atoms with E-state index in [-0.39, 0.29) is 5.91 Å². The summed E-state index contributed by atoms with van der Waals surface area (Å²) in [6, 6.07) is 6.18. The molecule has 0 radical (unpaired) electrons. The highest BCUT2D eigenvalue weighted by molar-refractivity contribution is 5.85. The number of amides is 1. The quantitative estimate of drug-likeness (QED) is 0.838. The number of nitrogens with zero attached hydrogens (tertiary/aromatic N) is 3. The number of pyridine rings is 1. The van der Waals surface area contributed by atoms with Crippen molar-refractivity contribution < 1.29 is 9.53 Å². The average molecular weight is 289 g/mol. The molecule has 3 rings (SSSR count). The summed E-state index contributed by atoms with van der Waals surface area (Å²) in [7, 11) is 2.04. The zero-order chi connectivity index (χ0) is 14.9. The highest BCUT2D eigenvalue weighted by Crippen LogP contribution is 2.32. The third kappa shape index (κ3) is 3.24. The van der Waals surface area contributed by atoms with Crippen molar-refractivity contribution in [3.63, 3.8) is 0 Å². The van der Waals surface area contributed by atoms with Crippen LogP contribution in [0, 0.1) is 0 Å². The summed E-state index contributed by atoms with van der Waals surface area (Å²) >= 11 is 0. The first-order valence-corrected chi connectivity index (χ1v) is 7.62. The molecule has 0 N–H and O–H groups in total. The van der Waals surface area contributed by atoms with Crippen LogP contribution >= 0.6 is 0 Å². The van der Waals surface area contributed by atoms with Crippen molar-refractivity contribution in [2.45, 2.75) is 38.0 Å². The number of morpholine rings is 1. The van der Waals surface area contributed by atoms with Crippen LogP contribution in [-0.4, -0.2) is 59.1 Å². The van der Waals surface area contributed by atoms with Crippen molar-refractivity contribution in [1.29, 1.82) is 0 Å². The number of carbonyl (C=O) groups is 1. The number of rotatable bonds is 4. The molecule has 0 unspecified atom stereocenters. The number of ether oxygens (including phenoxy) is 1. The largest absolute Gasteiger partial charge is 0.363 e. The minimum Gasteiger partial charge on any atom is -0.363 e. The molecule has 1 aliphatic heterocycles.